The molecule has 0 atom stereocenters. The number of hydrogen-bond acceptors (Lipinski definition) is 3. The Kier molecular flexibility index (Phi) is 4.44. The zero-order chi connectivity index (χ0) is 18.1. The van der Waals surface area contributed by atoms with Crippen molar-refractivity contribution in [2.24, 2.45) is 0 Å². The number of aryl methyl sites for hydroxylation is 1. The fourth-order valence-electron chi connectivity index (χ4n) is 3.75. The largest absolute Gasteiger partial charge is 0.312 e. The number of anilines is 2. The first-order chi connectivity index (χ1) is 12.6. The molecule has 0 aliphatic carbocycles. The zero-order valence-corrected chi connectivity index (χ0v) is 15.4. The summed E-state index contributed by atoms with van der Waals surface area (Å²) in [5, 5.41) is 0. The molecule has 0 saturated carbocycles. The van der Waals surface area contributed by atoms with Crippen LogP contribution < -0.4 is 9.21 Å². The van der Waals surface area contributed by atoms with Gasteiger partial charge >= 0.3 is 0 Å². The minimum Gasteiger partial charge on any atom is -0.312 e. The van der Waals surface area contributed by atoms with Gasteiger partial charge in [0.25, 0.3) is 10.0 Å². The summed E-state index contributed by atoms with van der Waals surface area (Å²) in [5.41, 5.74) is 2.61. The first-order valence-corrected chi connectivity index (χ1v) is 10.5. The van der Waals surface area contributed by atoms with E-state index in [9.17, 15) is 13.2 Å². The van der Waals surface area contributed by atoms with E-state index in [0.717, 1.165) is 42.6 Å². The van der Waals surface area contributed by atoms with Gasteiger partial charge in [-0.25, -0.2) is 8.42 Å². The van der Waals surface area contributed by atoms with Gasteiger partial charge in [0.15, 0.2) is 0 Å². The molecule has 5 nitrogen and oxygen atoms in total. The molecule has 1 amide bonds. The molecule has 2 heterocycles. The lowest BCUT2D eigenvalue weighted by Gasteiger charge is -2.31. The molecule has 4 rings (SSSR count). The minimum atomic E-state index is -3.61. The van der Waals surface area contributed by atoms with Crippen molar-refractivity contribution in [3.63, 3.8) is 0 Å². The fourth-order valence-corrected chi connectivity index (χ4v) is 5.29. The van der Waals surface area contributed by atoms with Gasteiger partial charge in [0.1, 0.15) is 0 Å². The van der Waals surface area contributed by atoms with Crippen molar-refractivity contribution in [3.05, 3.63) is 54.1 Å². The number of carbonyl (C=O) groups is 1. The molecule has 2 aromatic carbocycles. The van der Waals surface area contributed by atoms with Gasteiger partial charge in [0.2, 0.25) is 5.91 Å². The van der Waals surface area contributed by atoms with Crippen molar-refractivity contribution >= 4 is 27.3 Å². The highest BCUT2D eigenvalue weighted by Gasteiger charge is 2.29. The monoisotopic (exact) mass is 370 g/mol. The predicted molar refractivity (Wildman–Crippen MR) is 102 cm³/mol. The number of benzene rings is 2. The van der Waals surface area contributed by atoms with E-state index >= 15 is 0 Å². The Labute approximate surface area is 154 Å². The van der Waals surface area contributed by atoms with Crippen LogP contribution in [0.3, 0.4) is 0 Å². The third-order valence-electron chi connectivity index (χ3n) is 5.13. The summed E-state index contributed by atoms with van der Waals surface area (Å²) in [4.78, 5) is 14.1. The SMILES string of the molecule is O=C1CCCCN1c1ccc(S(=O)(=O)N2CCCc3ccccc32)cc1. The zero-order valence-electron chi connectivity index (χ0n) is 14.6. The van der Waals surface area contributed by atoms with Crippen molar-refractivity contribution in [2.75, 3.05) is 22.3 Å². The summed E-state index contributed by atoms with van der Waals surface area (Å²) < 4.78 is 27.8. The van der Waals surface area contributed by atoms with Crippen LogP contribution in [0.5, 0.6) is 0 Å². The van der Waals surface area contributed by atoms with Gasteiger partial charge in [-0.3, -0.25) is 9.10 Å². The lowest BCUT2D eigenvalue weighted by Crippen LogP contribution is -2.36. The lowest BCUT2D eigenvalue weighted by molar-refractivity contribution is -0.119. The quantitative estimate of drug-likeness (QED) is 0.833. The van der Waals surface area contributed by atoms with Crippen molar-refractivity contribution in [1.82, 2.24) is 0 Å². The van der Waals surface area contributed by atoms with Crippen LogP contribution in [0.2, 0.25) is 0 Å². The third kappa shape index (κ3) is 2.98. The van der Waals surface area contributed by atoms with E-state index in [-0.39, 0.29) is 10.8 Å². The first kappa shape index (κ1) is 17.1. The van der Waals surface area contributed by atoms with Crippen LogP contribution in [0.1, 0.15) is 31.2 Å². The van der Waals surface area contributed by atoms with E-state index < -0.39 is 10.0 Å². The van der Waals surface area contributed by atoms with Gasteiger partial charge in [0, 0.05) is 25.2 Å². The van der Waals surface area contributed by atoms with E-state index in [2.05, 4.69) is 0 Å². The van der Waals surface area contributed by atoms with Gasteiger partial charge in [-0.05, 0) is 61.6 Å². The number of nitrogens with zero attached hydrogens (tertiary/aromatic N) is 2. The number of piperidine rings is 1. The molecule has 136 valence electrons. The van der Waals surface area contributed by atoms with Crippen molar-refractivity contribution < 1.29 is 13.2 Å². The second kappa shape index (κ2) is 6.76. The van der Waals surface area contributed by atoms with Crippen LogP contribution in [0, 0.1) is 0 Å². The minimum absolute atomic E-state index is 0.108. The number of fused-ring (bicyclic) bond motifs is 1. The molecular formula is C20H22N2O3S. The molecule has 26 heavy (non-hydrogen) atoms. The number of sulfonamides is 1. The second-order valence-corrected chi connectivity index (χ2v) is 8.67. The molecule has 0 unspecified atom stereocenters. The molecule has 6 heteroatoms. The average molecular weight is 370 g/mol. The van der Waals surface area contributed by atoms with E-state index in [1.54, 1.807) is 29.2 Å². The van der Waals surface area contributed by atoms with Crippen LogP contribution in [-0.2, 0) is 21.2 Å². The topological polar surface area (TPSA) is 57.7 Å². The molecule has 2 aliphatic rings. The van der Waals surface area contributed by atoms with Gasteiger partial charge in [0.05, 0.1) is 10.6 Å². The Morgan fingerprint density at radius 1 is 0.808 bits per heavy atom. The summed E-state index contributed by atoms with van der Waals surface area (Å²) in [6.07, 6.45) is 4.19. The maximum absolute atomic E-state index is 13.1. The van der Waals surface area contributed by atoms with Crippen molar-refractivity contribution in [3.8, 4) is 0 Å². The highest BCUT2D eigenvalue weighted by atomic mass is 32.2. The average Bonchev–Trinajstić information content (AvgIpc) is 2.68. The fraction of sp³-hybridized carbons (Fsp3) is 0.350. The Morgan fingerprint density at radius 3 is 2.35 bits per heavy atom. The molecule has 0 spiro atoms. The molecule has 2 aliphatic heterocycles. The molecule has 1 saturated heterocycles. The summed E-state index contributed by atoms with van der Waals surface area (Å²) in [6, 6.07) is 14.4. The summed E-state index contributed by atoms with van der Waals surface area (Å²) in [5.74, 6) is 0.108. The number of rotatable bonds is 3. The highest BCUT2D eigenvalue weighted by molar-refractivity contribution is 7.92. The predicted octanol–water partition coefficient (Wildman–Crippen LogP) is 3.35. The molecule has 0 bridgehead atoms. The number of hydrogen-bond donors (Lipinski definition) is 0. The van der Waals surface area contributed by atoms with Crippen LogP contribution in [0.15, 0.2) is 53.4 Å². The second-order valence-electron chi connectivity index (χ2n) is 6.81. The van der Waals surface area contributed by atoms with Gasteiger partial charge in [-0.1, -0.05) is 18.2 Å². The van der Waals surface area contributed by atoms with Gasteiger partial charge < -0.3 is 4.90 Å². The molecule has 0 aromatic heterocycles. The van der Waals surface area contributed by atoms with Crippen LogP contribution in [0.4, 0.5) is 11.4 Å². The van der Waals surface area contributed by atoms with E-state index in [1.807, 2.05) is 24.3 Å². The normalized spacial score (nSPS) is 17.9. The maximum Gasteiger partial charge on any atom is 0.264 e. The smallest absolute Gasteiger partial charge is 0.264 e. The van der Waals surface area contributed by atoms with E-state index in [4.69, 9.17) is 0 Å². The van der Waals surface area contributed by atoms with Crippen LogP contribution in [-0.4, -0.2) is 27.4 Å². The Bertz CT molecular complexity index is 922. The van der Waals surface area contributed by atoms with Crippen molar-refractivity contribution in [1.29, 1.82) is 0 Å². The Morgan fingerprint density at radius 2 is 1.58 bits per heavy atom. The van der Waals surface area contributed by atoms with Crippen molar-refractivity contribution in [2.45, 2.75) is 37.0 Å². The molecule has 2 aromatic rings. The molecule has 0 N–H and O–H groups in total. The molecule has 0 radical (unpaired) electrons. The maximum atomic E-state index is 13.1. The number of carbonyl (C=O) groups excluding carboxylic acids is 1. The van der Waals surface area contributed by atoms with Crippen LogP contribution in [0.25, 0.3) is 0 Å². The molecule has 1 fully saturated rings. The number of amides is 1. The Balaban J connectivity index is 1.64. The third-order valence-corrected chi connectivity index (χ3v) is 6.95. The standard InChI is InChI=1S/C20H22N2O3S/c23-20-9-3-4-14-21(20)17-10-12-18(13-11-17)26(24,25)22-15-5-7-16-6-1-2-8-19(16)22/h1-2,6,8,10-13H,3-5,7,9,14-15H2. The number of para-hydroxylation sites is 1. The van der Waals surface area contributed by atoms with E-state index in [1.165, 1.54) is 4.31 Å². The van der Waals surface area contributed by atoms with E-state index in [0.29, 0.717) is 19.5 Å². The lowest BCUT2D eigenvalue weighted by atomic mass is 10.0. The van der Waals surface area contributed by atoms with Gasteiger partial charge in [-0.15, -0.1) is 0 Å². The highest BCUT2D eigenvalue weighted by Crippen LogP contribution is 2.32. The summed E-state index contributed by atoms with van der Waals surface area (Å²) in [7, 11) is -3.61. The van der Waals surface area contributed by atoms with Crippen LogP contribution >= 0.6 is 0 Å². The summed E-state index contributed by atoms with van der Waals surface area (Å²) >= 11 is 0. The first-order valence-electron chi connectivity index (χ1n) is 9.08. The summed E-state index contributed by atoms with van der Waals surface area (Å²) in [6.45, 7) is 1.19. The Hall–Kier alpha value is -2.34. The molecular weight excluding hydrogens is 348 g/mol. The van der Waals surface area contributed by atoms with Gasteiger partial charge in [-0.2, -0.15) is 0 Å².